The Labute approximate surface area is 160 Å². The zero-order valence-corrected chi connectivity index (χ0v) is 15.8. The number of anilines is 1. The van der Waals surface area contributed by atoms with Crippen molar-refractivity contribution in [2.24, 2.45) is 5.73 Å². The van der Waals surface area contributed by atoms with Crippen molar-refractivity contribution >= 4 is 40.6 Å². The van der Waals surface area contributed by atoms with E-state index < -0.39 is 23.9 Å². The highest BCUT2D eigenvalue weighted by Gasteiger charge is 2.19. The van der Waals surface area contributed by atoms with Crippen LogP contribution in [0.15, 0.2) is 36.4 Å². The fourth-order valence-electron chi connectivity index (χ4n) is 2.19. The van der Waals surface area contributed by atoms with Gasteiger partial charge in [0.25, 0.3) is 5.91 Å². The molecular weight excluding hydrogens is 368 g/mol. The lowest BCUT2D eigenvalue weighted by atomic mass is 10.2. The number of benzene rings is 1. The smallest absolute Gasteiger partial charge is 0.307 e. The third kappa shape index (κ3) is 6.03. The maximum absolute atomic E-state index is 12.1. The lowest BCUT2D eigenvalue weighted by Crippen LogP contribution is -2.30. The monoisotopic (exact) mass is 388 g/mol. The molecule has 27 heavy (non-hydrogen) atoms. The SMILES string of the molecule is Cc1ccc(C(=O)CCC(=O)O[C@H](C)C(=O)Nc2ccc(C(N)=O)cc2)s1. The largest absolute Gasteiger partial charge is 0.453 e. The lowest BCUT2D eigenvalue weighted by Gasteiger charge is -2.13. The second kappa shape index (κ2) is 9.09. The van der Waals surface area contributed by atoms with Crippen molar-refractivity contribution in [1.29, 1.82) is 0 Å². The number of nitrogens with two attached hydrogens (primary N) is 1. The van der Waals surface area contributed by atoms with Crippen molar-refractivity contribution < 1.29 is 23.9 Å². The molecule has 0 radical (unpaired) electrons. The molecule has 7 nitrogen and oxygen atoms in total. The van der Waals surface area contributed by atoms with E-state index in [-0.39, 0.29) is 18.6 Å². The van der Waals surface area contributed by atoms with E-state index in [1.54, 1.807) is 6.07 Å². The molecule has 2 amide bonds. The van der Waals surface area contributed by atoms with E-state index in [0.717, 1.165) is 4.88 Å². The van der Waals surface area contributed by atoms with Gasteiger partial charge < -0.3 is 15.8 Å². The Balaban J connectivity index is 1.80. The summed E-state index contributed by atoms with van der Waals surface area (Å²) in [7, 11) is 0. The van der Waals surface area contributed by atoms with Crippen molar-refractivity contribution in [1.82, 2.24) is 0 Å². The average Bonchev–Trinajstić information content (AvgIpc) is 3.06. The van der Waals surface area contributed by atoms with E-state index in [1.165, 1.54) is 42.5 Å². The third-order valence-corrected chi connectivity index (χ3v) is 4.73. The van der Waals surface area contributed by atoms with Gasteiger partial charge in [-0.15, -0.1) is 11.3 Å². The number of amides is 2. The highest BCUT2D eigenvalue weighted by Crippen LogP contribution is 2.18. The molecule has 1 aromatic carbocycles. The number of rotatable bonds is 8. The molecule has 0 spiro atoms. The van der Waals surface area contributed by atoms with E-state index in [9.17, 15) is 19.2 Å². The van der Waals surface area contributed by atoms with E-state index in [2.05, 4.69) is 5.32 Å². The van der Waals surface area contributed by atoms with Gasteiger partial charge in [0.2, 0.25) is 5.91 Å². The van der Waals surface area contributed by atoms with Gasteiger partial charge in [-0.3, -0.25) is 19.2 Å². The van der Waals surface area contributed by atoms with Crippen molar-refractivity contribution in [3.8, 4) is 0 Å². The van der Waals surface area contributed by atoms with Gasteiger partial charge in [-0.25, -0.2) is 0 Å². The number of carbonyl (C=O) groups excluding carboxylic acids is 4. The van der Waals surface area contributed by atoms with E-state index in [0.29, 0.717) is 16.1 Å². The molecule has 0 unspecified atom stereocenters. The molecule has 0 saturated carbocycles. The number of ether oxygens (including phenoxy) is 1. The molecule has 1 heterocycles. The van der Waals surface area contributed by atoms with Gasteiger partial charge in [-0.05, 0) is 50.2 Å². The number of hydrogen-bond donors (Lipinski definition) is 2. The Bertz CT molecular complexity index is 857. The molecular formula is C19H20N2O5S. The first-order chi connectivity index (χ1) is 12.8. The van der Waals surface area contributed by atoms with Crippen LogP contribution in [0.25, 0.3) is 0 Å². The van der Waals surface area contributed by atoms with Gasteiger partial charge in [0.1, 0.15) is 0 Å². The van der Waals surface area contributed by atoms with Crippen molar-refractivity contribution in [2.75, 3.05) is 5.32 Å². The Morgan fingerprint density at radius 1 is 1.07 bits per heavy atom. The van der Waals surface area contributed by atoms with Gasteiger partial charge in [-0.2, -0.15) is 0 Å². The number of carbonyl (C=O) groups is 4. The zero-order valence-electron chi connectivity index (χ0n) is 15.0. The summed E-state index contributed by atoms with van der Waals surface area (Å²) < 4.78 is 5.06. The van der Waals surface area contributed by atoms with Crippen LogP contribution in [0, 0.1) is 6.92 Å². The number of esters is 1. The minimum atomic E-state index is -1.02. The lowest BCUT2D eigenvalue weighted by molar-refractivity contribution is -0.153. The van der Waals surface area contributed by atoms with Crippen LogP contribution in [0.4, 0.5) is 5.69 Å². The number of nitrogens with one attached hydrogen (secondary N) is 1. The zero-order chi connectivity index (χ0) is 20.0. The number of ketones is 1. The van der Waals surface area contributed by atoms with Crippen LogP contribution >= 0.6 is 11.3 Å². The van der Waals surface area contributed by atoms with Gasteiger partial charge in [0.05, 0.1) is 11.3 Å². The predicted molar refractivity (Wildman–Crippen MR) is 102 cm³/mol. The molecule has 3 N–H and O–H groups in total. The van der Waals surface area contributed by atoms with Crippen molar-refractivity contribution in [2.45, 2.75) is 32.8 Å². The summed E-state index contributed by atoms with van der Waals surface area (Å²) in [5.41, 5.74) is 5.91. The van der Waals surface area contributed by atoms with Crippen LogP contribution in [0.3, 0.4) is 0 Å². The van der Waals surface area contributed by atoms with Crippen molar-refractivity contribution in [3.05, 3.63) is 51.7 Å². The van der Waals surface area contributed by atoms with Gasteiger partial charge in [-0.1, -0.05) is 0 Å². The molecule has 0 fully saturated rings. The minimum Gasteiger partial charge on any atom is -0.453 e. The summed E-state index contributed by atoms with van der Waals surface area (Å²) in [5, 5.41) is 2.57. The molecule has 0 aliphatic rings. The highest BCUT2D eigenvalue weighted by atomic mass is 32.1. The fourth-order valence-corrected chi connectivity index (χ4v) is 3.03. The normalized spacial score (nSPS) is 11.5. The molecule has 142 valence electrons. The first-order valence-electron chi connectivity index (χ1n) is 8.26. The summed E-state index contributed by atoms with van der Waals surface area (Å²) in [6.07, 6.45) is -1.09. The summed E-state index contributed by atoms with van der Waals surface area (Å²) in [4.78, 5) is 48.6. The first kappa shape index (κ1) is 20.3. The number of aryl methyl sites for hydroxylation is 1. The standard InChI is InChI=1S/C19H20N2O5S/c1-11-3-9-16(27-11)15(22)8-10-17(23)26-12(2)19(25)21-14-6-4-13(5-7-14)18(20)24/h3-7,9,12H,8,10H2,1-2H3,(H2,20,24)(H,21,25)/t12-/m1/s1. The predicted octanol–water partition coefficient (Wildman–Crippen LogP) is 2.69. The van der Waals surface area contributed by atoms with E-state index in [4.69, 9.17) is 10.5 Å². The molecule has 1 atom stereocenters. The van der Waals surface area contributed by atoms with Crippen LogP contribution < -0.4 is 11.1 Å². The minimum absolute atomic E-state index is 0.0295. The maximum atomic E-state index is 12.1. The van der Waals surface area contributed by atoms with Crippen LogP contribution in [-0.4, -0.2) is 29.7 Å². The van der Waals surface area contributed by atoms with Crippen LogP contribution in [0.5, 0.6) is 0 Å². The summed E-state index contributed by atoms with van der Waals surface area (Å²) in [6.45, 7) is 3.34. The van der Waals surface area contributed by atoms with Crippen LogP contribution in [-0.2, 0) is 14.3 Å². The Morgan fingerprint density at radius 2 is 1.74 bits per heavy atom. The molecule has 1 aromatic heterocycles. The first-order valence-corrected chi connectivity index (χ1v) is 9.07. The summed E-state index contributed by atoms with van der Waals surface area (Å²) in [5.74, 6) is -1.84. The van der Waals surface area contributed by atoms with Crippen LogP contribution in [0.1, 0.15) is 44.7 Å². The Kier molecular flexibility index (Phi) is 6.84. The molecule has 0 bridgehead atoms. The topological polar surface area (TPSA) is 116 Å². The van der Waals surface area contributed by atoms with E-state index >= 15 is 0 Å². The average molecular weight is 388 g/mol. The van der Waals surface area contributed by atoms with Gasteiger partial charge >= 0.3 is 5.97 Å². The molecule has 8 heteroatoms. The van der Waals surface area contributed by atoms with Gasteiger partial charge in [0, 0.05) is 22.5 Å². The summed E-state index contributed by atoms with van der Waals surface area (Å²) >= 11 is 1.38. The van der Waals surface area contributed by atoms with E-state index in [1.807, 2.05) is 13.0 Å². The molecule has 0 saturated heterocycles. The number of hydrogen-bond acceptors (Lipinski definition) is 6. The van der Waals surface area contributed by atoms with Gasteiger partial charge in [0.15, 0.2) is 11.9 Å². The fraction of sp³-hybridized carbons (Fsp3) is 0.263. The molecule has 2 rings (SSSR count). The molecule has 2 aromatic rings. The quantitative estimate of drug-likeness (QED) is 0.533. The maximum Gasteiger partial charge on any atom is 0.307 e. The Morgan fingerprint density at radius 3 is 2.30 bits per heavy atom. The van der Waals surface area contributed by atoms with Crippen molar-refractivity contribution in [3.63, 3.8) is 0 Å². The number of thiophene rings is 1. The number of primary amides is 1. The second-order valence-electron chi connectivity index (χ2n) is 5.90. The molecule has 0 aliphatic carbocycles. The highest BCUT2D eigenvalue weighted by molar-refractivity contribution is 7.14. The number of Topliss-reactive ketones (excluding diaryl/α,β-unsaturated/α-hetero) is 1. The van der Waals surface area contributed by atoms with Crippen LogP contribution in [0.2, 0.25) is 0 Å². The molecule has 0 aliphatic heterocycles. The second-order valence-corrected chi connectivity index (χ2v) is 7.18. The summed E-state index contributed by atoms with van der Waals surface area (Å²) in [6, 6.07) is 9.58. The third-order valence-electron chi connectivity index (χ3n) is 3.69. The Hall–Kier alpha value is -3.00.